The fraction of sp³-hybridized carbons (Fsp3) is 0.333. The van der Waals surface area contributed by atoms with E-state index in [1.807, 2.05) is 0 Å². The van der Waals surface area contributed by atoms with Crippen molar-refractivity contribution in [2.45, 2.75) is 0 Å². The largest absolute Gasteiger partial charge is 0.383 e. The van der Waals surface area contributed by atoms with E-state index in [9.17, 15) is 4.79 Å². The molecule has 1 aromatic rings. The van der Waals surface area contributed by atoms with Crippen LogP contribution in [0.4, 0.5) is 0 Å². The van der Waals surface area contributed by atoms with E-state index < -0.39 is 0 Å². The third kappa shape index (κ3) is 3.32. The summed E-state index contributed by atoms with van der Waals surface area (Å²) in [6.45, 7) is 0.940. The lowest BCUT2D eigenvalue weighted by Crippen LogP contribution is -2.27. The number of hydrogen-bond acceptors (Lipinski definition) is 3. The van der Waals surface area contributed by atoms with Crippen LogP contribution in [0.5, 0.6) is 0 Å². The monoisotopic (exact) mass is 214 g/mol. The molecule has 0 saturated heterocycles. The highest BCUT2D eigenvalue weighted by Gasteiger charge is 2.05. The molecule has 1 heterocycles. The van der Waals surface area contributed by atoms with E-state index in [1.165, 1.54) is 0 Å². The van der Waals surface area contributed by atoms with Gasteiger partial charge in [-0.1, -0.05) is 17.7 Å². The minimum atomic E-state index is -0.246. The van der Waals surface area contributed by atoms with Crippen molar-refractivity contribution in [2.24, 2.45) is 0 Å². The second-order valence-corrected chi connectivity index (χ2v) is 2.98. The van der Waals surface area contributed by atoms with E-state index in [2.05, 4.69) is 10.3 Å². The first kappa shape index (κ1) is 10.9. The lowest BCUT2D eigenvalue weighted by Gasteiger charge is -2.03. The van der Waals surface area contributed by atoms with Crippen LogP contribution in [0.3, 0.4) is 0 Å². The first-order valence-electron chi connectivity index (χ1n) is 4.13. The van der Waals surface area contributed by atoms with Crippen molar-refractivity contribution in [1.82, 2.24) is 10.3 Å². The fourth-order valence-electron chi connectivity index (χ4n) is 0.892. The maximum absolute atomic E-state index is 11.4. The Morgan fingerprint density at radius 1 is 1.64 bits per heavy atom. The Morgan fingerprint density at radius 2 is 2.43 bits per heavy atom. The quantitative estimate of drug-likeness (QED) is 0.604. The van der Waals surface area contributed by atoms with Crippen LogP contribution in [0, 0.1) is 0 Å². The Balaban J connectivity index is 2.52. The van der Waals surface area contributed by atoms with Gasteiger partial charge in [-0.05, 0) is 12.1 Å². The number of carbonyl (C=O) groups is 1. The number of halogens is 1. The molecule has 0 saturated carbocycles. The molecule has 14 heavy (non-hydrogen) atoms. The Morgan fingerprint density at radius 3 is 3.07 bits per heavy atom. The Labute approximate surface area is 87.2 Å². The molecule has 0 unspecified atom stereocenters. The van der Waals surface area contributed by atoms with Gasteiger partial charge in [-0.2, -0.15) is 0 Å². The van der Waals surface area contributed by atoms with Crippen LogP contribution in [0.2, 0.25) is 5.15 Å². The van der Waals surface area contributed by atoms with Crippen molar-refractivity contribution in [3.05, 3.63) is 29.0 Å². The topological polar surface area (TPSA) is 51.2 Å². The molecule has 76 valence electrons. The Bertz CT molecular complexity index is 317. The summed E-state index contributed by atoms with van der Waals surface area (Å²) in [7, 11) is 1.57. The van der Waals surface area contributed by atoms with Gasteiger partial charge in [0, 0.05) is 13.7 Å². The molecule has 0 radical (unpaired) electrons. The molecule has 1 aromatic heterocycles. The van der Waals surface area contributed by atoms with E-state index in [1.54, 1.807) is 25.3 Å². The molecule has 5 heteroatoms. The van der Waals surface area contributed by atoms with Crippen LogP contribution in [-0.2, 0) is 4.74 Å². The average Bonchev–Trinajstić information content (AvgIpc) is 2.18. The summed E-state index contributed by atoms with van der Waals surface area (Å²) in [6.07, 6.45) is 0. The average molecular weight is 215 g/mol. The van der Waals surface area contributed by atoms with Crippen LogP contribution < -0.4 is 5.32 Å². The van der Waals surface area contributed by atoms with Gasteiger partial charge in [0.2, 0.25) is 0 Å². The zero-order valence-electron chi connectivity index (χ0n) is 7.79. The number of amides is 1. The highest BCUT2D eigenvalue weighted by atomic mass is 35.5. The number of aromatic nitrogens is 1. The maximum Gasteiger partial charge on any atom is 0.270 e. The van der Waals surface area contributed by atoms with Crippen LogP contribution in [-0.4, -0.2) is 31.2 Å². The summed E-state index contributed by atoms with van der Waals surface area (Å²) in [5, 5.41) is 2.95. The van der Waals surface area contributed by atoms with Gasteiger partial charge < -0.3 is 10.1 Å². The maximum atomic E-state index is 11.4. The number of nitrogens with one attached hydrogen (secondary N) is 1. The predicted octanol–water partition coefficient (Wildman–Crippen LogP) is 1.11. The third-order valence-electron chi connectivity index (χ3n) is 1.54. The number of hydrogen-bond donors (Lipinski definition) is 1. The highest BCUT2D eigenvalue weighted by molar-refractivity contribution is 6.29. The first-order valence-corrected chi connectivity index (χ1v) is 4.51. The summed E-state index contributed by atoms with van der Waals surface area (Å²) in [6, 6.07) is 4.90. The molecular formula is C9H11ClN2O2. The molecule has 0 atom stereocenters. The van der Waals surface area contributed by atoms with Gasteiger partial charge in [-0.25, -0.2) is 4.98 Å². The van der Waals surface area contributed by atoms with E-state index >= 15 is 0 Å². The Kier molecular flexibility index (Phi) is 4.35. The number of ether oxygens (including phenoxy) is 1. The SMILES string of the molecule is COCCNC(=O)c1cccc(Cl)n1. The van der Waals surface area contributed by atoms with E-state index in [4.69, 9.17) is 16.3 Å². The van der Waals surface area contributed by atoms with Gasteiger partial charge in [0.25, 0.3) is 5.91 Å². The van der Waals surface area contributed by atoms with Gasteiger partial charge >= 0.3 is 0 Å². The van der Waals surface area contributed by atoms with Crippen molar-refractivity contribution in [2.75, 3.05) is 20.3 Å². The lowest BCUT2D eigenvalue weighted by atomic mass is 10.3. The fourth-order valence-corrected chi connectivity index (χ4v) is 1.06. The van der Waals surface area contributed by atoms with Crippen LogP contribution in [0.1, 0.15) is 10.5 Å². The molecule has 0 fully saturated rings. The van der Waals surface area contributed by atoms with Crippen molar-refractivity contribution in [3.63, 3.8) is 0 Å². The summed E-state index contributed by atoms with van der Waals surface area (Å²) in [4.78, 5) is 15.2. The smallest absolute Gasteiger partial charge is 0.270 e. The van der Waals surface area contributed by atoms with Crippen molar-refractivity contribution in [3.8, 4) is 0 Å². The number of carbonyl (C=O) groups excluding carboxylic acids is 1. The standard InChI is InChI=1S/C9H11ClN2O2/c1-14-6-5-11-9(13)7-3-2-4-8(10)12-7/h2-4H,5-6H2,1H3,(H,11,13). The lowest BCUT2D eigenvalue weighted by molar-refractivity contribution is 0.0932. The normalized spacial score (nSPS) is 9.86. The first-order chi connectivity index (χ1) is 6.74. The molecule has 0 bridgehead atoms. The molecule has 0 aromatic carbocycles. The number of rotatable bonds is 4. The second kappa shape index (κ2) is 5.57. The highest BCUT2D eigenvalue weighted by Crippen LogP contribution is 2.04. The van der Waals surface area contributed by atoms with E-state index in [0.29, 0.717) is 24.0 Å². The number of methoxy groups -OCH3 is 1. The van der Waals surface area contributed by atoms with Gasteiger partial charge in [0.1, 0.15) is 10.8 Å². The summed E-state index contributed by atoms with van der Waals surface area (Å²) in [5.41, 5.74) is 0.314. The Hall–Kier alpha value is -1.13. The van der Waals surface area contributed by atoms with Gasteiger partial charge in [0.05, 0.1) is 6.61 Å². The molecule has 1 N–H and O–H groups in total. The molecule has 0 aliphatic rings. The van der Waals surface area contributed by atoms with Crippen LogP contribution >= 0.6 is 11.6 Å². The van der Waals surface area contributed by atoms with Crippen LogP contribution in [0.15, 0.2) is 18.2 Å². The van der Waals surface area contributed by atoms with Gasteiger partial charge in [-0.3, -0.25) is 4.79 Å². The number of nitrogens with zero attached hydrogens (tertiary/aromatic N) is 1. The van der Waals surface area contributed by atoms with E-state index in [-0.39, 0.29) is 5.91 Å². The molecule has 1 amide bonds. The zero-order valence-corrected chi connectivity index (χ0v) is 8.54. The van der Waals surface area contributed by atoms with Gasteiger partial charge in [-0.15, -0.1) is 0 Å². The molecule has 0 spiro atoms. The molecule has 4 nitrogen and oxygen atoms in total. The number of pyridine rings is 1. The van der Waals surface area contributed by atoms with Crippen LogP contribution in [0.25, 0.3) is 0 Å². The molecule has 0 aliphatic carbocycles. The van der Waals surface area contributed by atoms with Crippen molar-refractivity contribution < 1.29 is 9.53 Å². The minimum absolute atomic E-state index is 0.246. The third-order valence-corrected chi connectivity index (χ3v) is 1.75. The second-order valence-electron chi connectivity index (χ2n) is 2.59. The van der Waals surface area contributed by atoms with E-state index in [0.717, 1.165) is 0 Å². The summed E-state index contributed by atoms with van der Waals surface area (Å²) < 4.78 is 4.79. The minimum Gasteiger partial charge on any atom is -0.383 e. The van der Waals surface area contributed by atoms with Gasteiger partial charge in [0.15, 0.2) is 0 Å². The predicted molar refractivity (Wildman–Crippen MR) is 53.5 cm³/mol. The molecule has 1 rings (SSSR count). The summed E-state index contributed by atoms with van der Waals surface area (Å²) in [5.74, 6) is -0.246. The van der Waals surface area contributed by atoms with Crippen molar-refractivity contribution in [1.29, 1.82) is 0 Å². The van der Waals surface area contributed by atoms with Crippen molar-refractivity contribution >= 4 is 17.5 Å². The molecular weight excluding hydrogens is 204 g/mol. The zero-order chi connectivity index (χ0) is 10.4. The summed E-state index contributed by atoms with van der Waals surface area (Å²) >= 11 is 5.63. The molecule has 0 aliphatic heterocycles.